The van der Waals surface area contributed by atoms with Crippen LogP contribution in [0.1, 0.15) is 0 Å². The number of nitrogens with zero attached hydrogens (tertiary/aromatic N) is 1. The molecule has 0 saturated heterocycles. The van der Waals surface area contributed by atoms with E-state index < -0.39 is 0 Å². The predicted octanol–water partition coefficient (Wildman–Crippen LogP) is 4.51. The van der Waals surface area contributed by atoms with Gasteiger partial charge in [-0.15, -0.1) is 12.6 Å². The van der Waals surface area contributed by atoms with Crippen LogP contribution in [0.2, 0.25) is 0 Å². The van der Waals surface area contributed by atoms with E-state index in [1.54, 1.807) is 0 Å². The summed E-state index contributed by atoms with van der Waals surface area (Å²) in [6, 6.07) is 20.4. The zero-order valence-electron chi connectivity index (χ0n) is 11.2. The van der Waals surface area contributed by atoms with Gasteiger partial charge >= 0.3 is 0 Å². The highest BCUT2D eigenvalue weighted by Crippen LogP contribution is 2.29. The van der Waals surface area contributed by atoms with Gasteiger partial charge in [0.1, 0.15) is 10.9 Å². The number of hydrogen-bond donors (Lipinski definition) is 3. The fraction of sp³-hybridized carbons (Fsp3) is 0. The quantitative estimate of drug-likeness (QED) is 0.467. The van der Waals surface area contributed by atoms with Gasteiger partial charge in [0.25, 0.3) is 0 Å². The van der Waals surface area contributed by atoms with Gasteiger partial charge in [0, 0.05) is 16.5 Å². The summed E-state index contributed by atoms with van der Waals surface area (Å²) in [5.74, 6) is 0.828. The molecule has 0 saturated carbocycles. The summed E-state index contributed by atoms with van der Waals surface area (Å²) in [7, 11) is 0. The molecular weight excluding hydrogens is 278 g/mol. The van der Waals surface area contributed by atoms with Crippen molar-refractivity contribution in [3.63, 3.8) is 0 Å². The maximum absolute atomic E-state index is 4.52. The smallest absolute Gasteiger partial charge is 0.139 e. The summed E-state index contributed by atoms with van der Waals surface area (Å²) in [6.07, 6.45) is 0. The first kappa shape index (κ1) is 12.3. The molecule has 0 radical (unpaired) electrons. The van der Waals surface area contributed by atoms with Gasteiger partial charge in [0.15, 0.2) is 0 Å². The van der Waals surface area contributed by atoms with Crippen LogP contribution in [0.3, 0.4) is 0 Å². The summed E-state index contributed by atoms with van der Waals surface area (Å²) in [5.41, 5.74) is 4.07. The van der Waals surface area contributed by atoms with E-state index in [2.05, 4.69) is 45.8 Å². The molecule has 4 rings (SSSR count). The normalized spacial score (nSPS) is 11.1. The van der Waals surface area contributed by atoms with E-state index in [1.165, 1.54) is 5.39 Å². The van der Waals surface area contributed by atoms with Gasteiger partial charge < -0.3 is 9.97 Å². The Morgan fingerprint density at radius 1 is 0.857 bits per heavy atom. The highest BCUT2D eigenvalue weighted by molar-refractivity contribution is 7.80. The van der Waals surface area contributed by atoms with Crippen molar-refractivity contribution in [3.05, 3.63) is 60.7 Å². The lowest BCUT2D eigenvalue weighted by Crippen LogP contribution is -1.80. The third-order valence-corrected chi connectivity index (χ3v) is 3.85. The van der Waals surface area contributed by atoms with Crippen molar-refractivity contribution >= 4 is 23.5 Å². The van der Waals surface area contributed by atoms with Gasteiger partial charge in [-0.3, -0.25) is 0 Å². The van der Waals surface area contributed by atoms with E-state index in [4.69, 9.17) is 0 Å². The van der Waals surface area contributed by atoms with Crippen molar-refractivity contribution in [2.45, 2.75) is 5.03 Å². The molecule has 21 heavy (non-hydrogen) atoms. The maximum atomic E-state index is 4.52. The second-order valence-electron chi connectivity index (χ2n) is 4.92. The third kappa shape index (κ3) is 2.14. The first-order chi connectivity index (χ1) is 10.3. The maximum Gasteiger partial charge on any atom is 0.139 e. The average Bonchev–Trinajstić information content (AvgIpc) is 3.11. The number of nitrogens with one attached hydrogen (secondary N) is 2. The van der Waals surface area contributed by atoms with E-state index in [0.717, 1.165) is 28.3 Å². The number of thiol groups is 1. The van der Waals surface area contributed by atoms with Crippen LogP contribution in [-0.2, 0) is 0 Å². The molecule has 0 aliphatic rings. The Labute approximate surface area is 127 Å². The topological polar surface area (TPSA) is 44.5 Å². The lowest BCUT2D eigenvalue weighted by atomic mass is 10.2. The molecule has 3 nitrogen and oxygen atoms in total. The number of aromatic amines is 2. The van der Waals surface area contributed by atoms with Gasteiger partial charge in [-0.05, 0) is 12.1 Å². The Balaban J connectivity index is 1.84. The number of hydrogen-bond acceptors (Lipinski definition) is 2. The summed E-state index contributed by atoms with van der Waals surface area (Å²) in [5, 5.41) is 1.87. The van der Waals surface area contributed by atoms with Gasteiger partial charge in [-0.1, -0.05) is 48.5 Å². The van der Waals surface area contributed by atoms with Crippen LogP contribution in [0.4, 0.5) is 0 Å². The van der Waals surface area contributed by atoms with Crippen LogP contribution in [0.25, 0.3) is 33.7 Å². The molecule has 0 spiro atoms. The Morgan fingerprint density at radius 2 is 1.62 bits per heavy atom. The molecule has 2 heterocycles. The zero-order chi connectivity index (χ0) is 14.2. The molecular formula is C17H13N3S. The number of para-hydroxylation sites is 1. The van der Waals surface area contributed by atoms with E-state index >= 15 is 0 Å². The largest absolute Gasteiger partial charge is 0.353 e. The van der Waals surface area contributed by atoms with Crippen LogP contribution in [0.15, 0.2) is 65.7 Å². The third-order valence-electron chi connectivity index (χ3n) is 3.53. The summed E-state index contributed by atoms with van der Waals surface area (Å²) in [4.78, 5) is 11.3. The van der Waals surface area contributed by atoms with Crippen LogP contribution in [0.5, 0.6) is 0 Å². The Hall–Kier alpha value is -2.46. The standard InChI is InChI=1S/C17H13N3S/c21-17-15(14-10-12-8-4-5-9-13(12)18-14)19-16(20-17)11-6-2-1-3-7-11/h1-10,18,21H,(H,19,20). The van der Waals surface area contributed by atoms with E-state index in [9.17, 15) is 0 Å². The van der Waals surface area contributed by atoms with E-state index in [0.29, 0.717) is 5.03 Å². The molecule has 4 heteroatoms. The second kappa shape index (κ2) is 4.82. The molecule has 2 N–H and O–H groups in total. The molecule has 0 unspecified atom stereocenters. The van der Waals surface area contributed by atoms with Crippen molar-refractivity contribution < 1.29 is 0 Å². The van der Waals surface area contributed by atoms with Crippen molar-refractivity contribution in [1.29, 1.82) is 0 Å². The SMILES string of the molecule is Sc1nc(-c2ccccc2)[nH]c1-c1cc2ccccc2[nH]1. The molecule has 102 valence electrons. The van der Waals surface area contributed by atoms with Crippen molar-refractivity contribution in [3.8, 4) is 22.8 Å². The molecule has 0 amide bonds. The average molecular weight is 291 g/mol. The lowest BCUT2D eigenvalue weighted by molar-refractivity contribution is 1.21. The second-order valence-corrected chi connectivity index (χ2v) is 5.34. The number of fused-ring (bicyclic) bond motifs is 1. The van der Waals surface area contributed by atoms with Crippen LogP contribution >= 0.6 is 12.6 Å². The van der Waals surface area contributed by atoms with Crippen LogP contribution < -0.4 is 0 Å². The fourth-order valence-corrected chi connectivity index (χ4v) is 2.77. The molecule has 0 bridgehead atoms. The van der Waals surface area contributed by atoms with Gasteiger partial charge in [0.2, 0.25) is 0 Å². The molecule has 0 fully saturated rings. The minimum absolute atomic E-state index is 0.695. The number of rotatable bonds is 2. The highest BCUT2D eigenvalue weighted by atomic mass is 32.1. The highest BCUT2D eigenvalue weighted by Gasteiger charge is 2.12. The molecule has 2 aromatic carbocycles. The van der Waals surface area contributed by atoms with Crippen molar-refractivity contribution in [2.24, 2.45) is 0 Å². The number of aromatic nitrogens is 3. The molecule has 0 aliphatic carbocycles. The first-order valence-electron chi connectivity index (χ1n) is 6.74. The molecule has 0 atom stereocenters. The van der Waals surface area contributed by atoms with Gasteiger partial charge in [-0.25, -0.2) is 4.98 Å². The summed E-state index contributed by atoms with van der Waals surface area (Å²) in [6.45, 7) is 0. The zero-order valence-corrected chi connectivity index (χ0v) is 12.1. The Bertz CT molecular complexity index is 873. The van der Waals surface area contributed by atoms with E-state index in [1.807, 2.05) is 42.5 Å². The first-order valence-corrected chi connectivity index (χ1v) is 7.18. The summed E-state index contributed by atoms with van der Waals surface area (Å²) < 4.78 is 0. The van der Waals surface area contributed by atoms with Gasteiger partial charge in [-0.2, -0.15) is 0 Å². The van der Waals surface area contributed by atoms with E-state index in [-0.39, 0.29) is 0 Å². The van der Waals surface area contributed by atoms with Crippen LogP contribution in [0, 0.1) is 0 Å². The predicted molar refractivity (Wildman–Crippen MR) is 88.6 cm³/mol. The van der Waals surface area contributed by atoms with Gasteiger partial charge in [0.05, 0.1) is 11.4 Å². The fourth-order valence-electron chi connectivity index (χ4n) is 2.49. The Morgan fingerprint density at radius 3 is 2.43 bits per heavy atom. The Kier molecular flexibility index (Phi) is 2.82. The molecule has 4 aromatic rings. The number of H-pyrrole nitrogens is 2. The monoisotopic (exact) mass is 291 g/mol. The van der Waals surface area contributed by atoms with Crippen LogP contribution in [-0.4, -0.2) is 15.0 Å². The summed E-state index contributed by atoms with van der Waals surface area (Å²) >= 11 is 4.50. The minimum Gasteiger partial charge on any atom is -0.353 e. The molecule has 2 aromatic heterocycles. The molecule has 0 aliphatic heterocycles. The number of benzene rings is 2. The lowest BCUT2D eigenvalue weighted by Gasteiger charge is -1.95. The van der Waals surface area contributed by atoms with Crippen molar-refractivity contribution in [1.82, 2.24) is 15.0 Å². The van der Waals surface area contributed by atoms with Crippen molar-refractivity contribution in [2.75, 3.05) is 0 Å². The minimum atomic E-state index is 0.695. The number of imidazole rings is 1.